The molecule has 4 heterocycles. The third kappa shape index (κ3) is 3.44. The van der Waals surface area contributed by atoms with Crippen LogP contribution < -0.4 is 0 Å². The van der Waals surface area contributed by atoms with E-state index in [0.29, 0.717) is 42.1 Å². The van der Waals surface area contributed by atoms with E-state index in [2.05, 4.69) is 34.7 Å². The summed E-state index contributed by atoms with van der Waals surface area (Å²) in [7, 11) is 0. The van der Waals surface area contributed by atoms with Crippen LogP contribution in [0.2, 0.25) is 0 Å². The van der Waals surface area contributed by atoms with Crippen molar-refractivity contribution in [2.75, 3.05) is 26.2 Å². The maximum absolute atomic E-state index is 13.9. The number of hydrogen-bond acceptors (Lipinski definition) is 5. The Balaban J connectivity index is 1.51. The fraction of sp³-hybridized carbons (Fsp3) is 0.667. The molecule has 0 bridgehead atoms. The van der Waals surface area contributed by atoms with Crippen LogP contribution in [0.15, 0.2) is 17.0 Å². The molecule has 3 fully saturated rings. The lowest BCUT2D eigenvalue weighted by molar-refractivity contribution is -0.146. The molecule has 0 N–H and O–H groups in total. The van der Waals surface area contributed by atoms with Crippen LogP contribution in [0.5, 0.6) is 0 Å². The van der Waals surface area contributed by atoms with E-state index in [9.17, 15) is 9.59 Å². The van der Waals surface area contributed by atoms with Crippen molar-refractivity contribution in [1.82, 2.24) is 24.5 Å². The van der Waals surface area contributed by atoms with Crippen molar-refractivity contribution in [2.24, 2.45) is 11.3 Å². The van der Waals surface area contributed by atoms with Crippen LogP contribution in [-0.4, -0.2) is 62.5 Å². The van der Waals surface area contributed by atoms with Gasteiger partial charge in [0.15, 0.2) is 0 Å². The first-order valence-corrected chi connectivity index (χ1v) is 11.8. The highest BCUT2D eigenvalue weighted by Crippen LogP contribution is 2.50. The molecule has 0 aromatic carbocycles. The van der Waals surface area contributed by atoms with Crippen molar-refractivity contribution in [1.29, 1.82) is 0 Å². The number of rotatable bonds is 5. The van der Waals surface area contributed by atoms with Crippen LogP contribution in [0, 0.1) is 25.2 Å². The van der Waals surface area contributed by atoms with Crippen LogP contribution in [-0.2, 0) is 4.79 Å². The predicted octanol–water partition coefficient (Wildman–Crippen LogP) is 3.33. The van der Waals surface area contributed by atoms with Gasteiger partial charge in [-0.25, -0.2) is 4.98 Å². The Morgan fingerprint density at radius 2 is 2.09 bits per heavy atom. The Kier molecular flexibility index (Phi) is 5.13. The van der Waals surface area contributed by atoms with Gasteiger partial charge in [-0.1, -0.05) is 5.16 Å². The van der Waals surface area contributed by atoms with Crippen molar-refractivity contribution < 1.29 is 14.1 Å². The van der Waals surface area contributed by atoms with Crippen LogP contribution in [0.1, 0.15) is 79.0 Å². The summed E-state index contributed by atoms with van der Waals surface area (Å²) < 4.78 is 7.34. The van der Waals surface area contributed by atoms with Crippen molar-refractivity contribution in [3.05, 3.63) is 35.2 Å². The number of amides is 2. The van der Waals surface area contributed by atoms with Crippen LogP contribution in [0.3, 0.4) is 0 Å². The van der Waals surface area contributed by atoms with Crippen LogP contribution in [0.25, 0.3) is 0 Å². The molecule has 2 amide bonds. The number of aromatic nitrogens is 3. The average Bonchev–Trinajstić information content (AvgIpc) is 3.15. The maximum Gasteiger partial charge on any atom is 0.259 e. The lowest BCUT2D eigenvalue weighted by Crippen LogP contribution is -2.53. The minimum Gasteiger partial charge on any atom is -0.361 e. The molecule has 0 unspecified atom stereocenters. The first kappa shape index (κ1) is 21.2. The molecular formula is C24H33N5O3. The quantitative estimate of drug-likeness (QED) is 0.714. The molecule has 1 aliphatic carbocycles. The van der Waals surface area contributed by atoms with Gasteiger partial charge in [-0.05, 0) is 59.3 Å². The first-order valence-electron chi connectivity index (χ1n) is 11.8. The number of piperidine rings is 1. The molecule has 8 nitrogen and oxygen atoms in total. The van der Waals surface area contributed by atoms with Crippen LogP contribution >= 0.6 is 0 Å². The topological polar surface area (TPSA) is 84.5 Å². The number of hydrogen-bond donors (Lipinski definition) is 0. The SMILES string of the molecule is Cc1noc(C)c1C(=O)N1C[C@@H](c2cn(C(C)C)cn2)[C@]2(CCCN(CC3CC3)C2=O)C1. The maximum atomic E-state index is 13.9. The molecule has 2 aromatic heterocycles. The number of likely N-dealkylation sites (tertiary alicyclic amines) is 2. The second kappa shape index (κ2) is 7.74. The van der Waals surface area contributed by atoms with Crippen molar-refractivity contribution >= 4 is 11.8 Å². The zero-order valence-electron chi connectivity index (χ0n) is 19.5. The zero-order valence-corrected chi connectivity index (χ0v) is 19.5. The van der Waals surface area contributed by atoms with E-state index in [4.69, 9.17) is 9.51 Å². The number of carbonyl (C=O) groups is 2. The highest BCUT2D eigenvalue weighted by Gasteiger charge is 2.57. The van der Waals surface area contributed by atoms with E-state index in [-0.39, 0.29) is 17.7 Å². The Morgan fingerprint density at radius 1 is 1.31 bits per heavy atom. The minimum absolute atomic E-state index is 0.0986. The summed E-state index contributed by atoms with van der Waals surface area (Å²) in [4.78, 5) is 36.1. The summed E-state index contributed by atoms with van der Waals surface area (Å²) in [6.45, 7) is 10.4. The summed E-state index contributed by atoms with van der Waals surface area (Å²) in [6.07, 6.45) is 8.10. The third-order valence-corrected chi connectivity index (χ3v) is 7.59. The standard InChI is InChI=1S/C24H33N5O3/c1-15(2)29-12-20(25-14-29)19-11-28(22(30)21-16(3)26-32-17(21)4)13-24(19)8-5-9-27(23(24)31)10-18-6-7-18/h12,14-15,18-19H,5-11,13H2,1-4H3/t19-,24-/m0/s1. The van der Waals surface area contributed by atoms with Crippen LogP contribution in [0.4, 0.5) is 0 Å². The zero-order chi connectivity index (χ0) is 22.6. The van der Waals surface area contributed by atoms with Gasteiger partial charge in [-0.15, -0.1) is 0 Å². The van der Waals surface area contributed by atoms with E-state index in [0.717, 1.165) is 31.6 Å². The summed E-state index contributed by atoms with van der Waals surface area (Å²) in [5.74, 6) is 1.17. The fourth-order valence-corrected chi connectivity index (χ4v) is 5.57. The lowest BCUT2D eigenvalue weighted by atomic mass is 9.70. The van der Waals surface area contributed by atoms with E-state index in [1.54, 1.807) is 13.8 Å². The smallest absolute Gasteiger partial charge is 0.259 e. The van der Waals surface area contributed by atoms with Crippen molar-refractivity contribution in [2.45, 2.75) is 65.3 Å². The molecule has 5 rings (SSSR count). The van der Waals surface area contributed by atoms with E-state index < -0.39 is 5.41 Å². The van der Waals surface area contributed by atoms with Crippen molar-refractivity contribution in [3.63, 3.8) is 0 Å². The number of nitrogens with zero attached hydrogens (tertiary/aromatic N) is 5. The molecule has 2 aromatic rings. The number of imidazole rings is 1. The van der Waals surface area contributed by atoms with Gasteiger partial charge in [0.2, 0.25) is 5.91 Å². The summed E-state index contributed by atoms with van der Waals surface area (Å²) in [5, 5.41) is 3.97. The molecular weight excluding hydrogens is 406 g/mol. The average molecular weight is 440 g/mol. The molecule has 2 atom stereocenters. The van der Waals surface area contributed by atoms with Crippen molar-refractivity contribution in [3.8, 4) is 0 Å². The molecule has 2 aliphatic heterocycles. The van der Waals surface area contributed by atoms with Gasteiger partial charge in [-0.3, -0.25) is 9.59 Å². The third-order valence-electron chi connectivity index (χ3n) is 7.59. The minimum atomic E-state index is -0.613. The molecule has 3 aliphatic rings. The molecule has 32 heavy (non-hydrogen) atoms. The van der Waals surface area contributed by atoms with Gasteiger partial charge in [-0.2, -0.15) is 0 Å². The molecule has 8 heteroatoms. The molecule has 0 radical (unpaired) electrons. The summed E-state index contributed by atoms with van der Waals surface area (Å²) in [5.41, 5.74) is 1.41. The Hall–Kier alpha value is -2.64. The summed E-state index contributed by atoms with van der Waals surface area (Å²) in [6, 6.07) is 0.294. The first-order chi connectivity index (χ1) is 15.3. The van der Waals surface area contributed by atoms with Gasteiger partial charge in [0.25, 0.3) is 5.91 Å². The van der Waals surface area contributed by atoms with E-state index in [1.807, 2.05) is 11.2 Å². The molecule has 1 saturated carbocycles. The Labute approximate surface area is 188 Å². The number of carbonyl (C=O) groups excluding carboxylic acids is 2. The highest BCUT2D eigenvalue weighted by molar-refractivity contribution is 5.97. The number of aryl methyl sites for hydroxylation is 2. The lowest BCUT2D eigenvalue weighted by Gasteiger charge is -2.42. The highest BCUT2D eigenvalue weighted by atomic mass is 16.5. The van der Waals surface area contributed by atoms with E-state index in [1.165, 1.54) is 12.8 Å². The predicted molar refractivity (Wildman–Crippen MR) is 118 cm³/mol. The Morgan fingerprint density at radius 3 is 2.72 bits per heavy atom. The van der Waals surface area contributed by atoms with Gasteiger partial charge in [0.05, 0.1) is 23.1 Å². The Bertz CT molecular complexity index is 1020. The van der Waals surface area contributed by atoms with Gasteiger partial charge < -0.3 is 18.9 Å². The van der Waals surface area contributed by atoms with Gasteiger partial charge in [0, 0.05) is 44.3 Å². The fourth-order valence-electron chi connectivity index (χ4n) is 5.57. The normalized spacial score (nSPS) is 26.0. The summed E-state index contributed by atoms with van der Waals surface area (Å²) >= 11 is 0. The van der Waals surface area contributed by atoms with E-state index >= 15 is 0 Å². The second-order valence-electron chi connectivity index (χ2n) is 10.2. The molecule has 172 valence electrons. The molecule has 2 saturated heterocycles. The van der Waals surface area contributed by atoms with Gasteiger partial charge >= 0.3 is 0 Å². The second-order valence-corrected chi connectivity index (χ2v) is 10.2. The van der Waals surface area contributed by atoms with Gasteiger partial charge in [0.1, 0.15) is 11.3 Å². The largest absolute Gasteiger partial charge is 0.361 e. The monoisotopic (exact) mass is 439 g/mol. The molecule has 1 spiro atoms.